The molecule has 3 heterocycles. The smallest absolute Gasteiger partial charge is 0.224 e. The van der Waals surface area contributed by atoms with Gasteiger partial charge in [0, 0.05) is 18.7 Å². The Morgan fingerprint density at radius 1 is 1.44 bits per heavy atom. The molecule has 0 aliphatic carbocycles. The summed E-state index contributed by atoms with van der Waals surface area (Å²) in [5.41, 5.74) is 2.11. The van der Waals surface area contributed by atoms with Crippen molar-refractivity contribution < 1.29 is 13.7 Å². The Labute approximate surface area is 148 Å². The van der Waals surface area contributed by atoms with Crippen LogP contribution in [0.5, 0.6) is 0 Å². The molecular weight excluding hydrogens is 318 g/mol. The van der Waals surface area contributed by atoms with E-state index in [4.69, 9.17) is 8.94 Å². The maximum atomic E-state index is 12.4. The minimum absolute atomic E-state index is 0.0720. The van der Waals surface area contributed by atoms with Gasteiger partial charge in [0.05, 0.1) is 24.4 Å². The fourth-order valence-corrected chi connectivity index (χ4v) is 3.52. The number of hydrogen-bond donors (Lipinski definition) is 1. The van der Waals surface area contributed by atoms with E-state index in [1.54, 1.807) is 6.26 Å². The maximum Gasteiger partial charge on any atom is 0.224 e. The third kappa shape index (κ3) is 4.72. The Morgan fingerprint density at radius 3 is 3.04 bits per heavy atom. The summed E-state index contributed by atoms with van der Waals surface area (Å²) in [6, 6.07) is 3.89. The van der Waals surface area contributed by atoms with E-state index in [9.17, 15) is 4.79 Å². The second-order valence-electron chi connectivity index (χ2n) is 6.85. The Kier molecular flexibility index (Phi) is 5.91. The van der Waals surface area contributed by atoms with Crippen molar-refractivity contribution in [2.24, 2.45) is 5.92 Å². The van der Waals surface area contributed by atoms with Crippen LogP contribution in [0.1, 0.15) is 42.0 Å². The molecule has 1 aliphatic rings. The molecule has 0 spiro atoms. The second kappa shape index (κ2) is 8.34. The highest BCUT2D eigenvalue weighted by Crippen LogP contribution is 2.19. The molecule has 25 heavy (non-hydrogen) atoms. The lowest BCUT2D eigenvalue weighted by atomic mass is 9.97. The molecule has 1 atom stereocenters. The zero-order valence-corrected chi connectivity index (χ0v) is 15.1. The molecule has 0 bridgehead atoms. The number of nitrogens with one attached hydrogen (secondary N) is 1. The first kappa shape index (κ1) is 17.7. The van der Waals surface area contributed by atoms with Crippen molar-refractivity contribution in [1.29, 1.82) is 0 Å². The van der Waals surface area contributed by atoms with E-state index in [1.807, 2.05) is 26.0 Å². The zero-order valence-electron chi connectivity index (χ0n) is 15.1. The minimum atomic E-state index is 0.0720. The fourth-order valence-electron chi connectivity index (χ4n) is 3.52. The summed E-state index contributed by atoms with van der Waals surface area (Å²) in [5.74, 6) is 2.08. The number of likely N-dealkylation sites (tertiary alicyclic amines) is 1. The lowest BCUT2D eigenvalue weighted by Gasteiger charge is -2.31. The molecule has 3 rings (SSSR count). The van der Waals surface area contributed by atoms with E-state index in [2.05, 4.69) is 15.4 Å². The highest BCUT2D eigenvalue weighted by molar-refractivity contribution is 5.78. The summed E-state index contributed by atoms with van der Waals surface area (Å²) in [5, 5.41) is 7.06. The van der Waals surface area contributed by atoms with Crippen molar-refractivity contribution in [2.75, 3.05) is 19.6 Å². The zero-order chi connectivity index (χ0) is 17.6. The predicted octanol–water partition coefficient (Wildman–Crippen LogP) is 2.85. The molecule has 0 aromatic carbocycles. The van der Waals surface area contributed by atoms with E-state index in [-0.39, 0.29) is 11.8 Å². The Morgan fingerprint density at radius 2 is 2.32 bits per heavy atom. The summed E-state index contributed by atoms with van der Waals surface area (Å²) in [4.78, 5) is 14.8. The first-order valence-electron chi connectivity index (χ1n) is 9.07. The minimum Gasteiger partial charge on any atom is -0.468 e. The number of aromatic nitrogens is 1. The van der Waals surface area contributed by atoms with Crippen LogP contribution in [0.2, 0.25) is 0 Å². The van der Waals surface area contributed by atoms with E-state index >= 15 is 0 Å². The summed E-state index contributed by atoms with van der Waals surface area (Å²) in [6.07, 6.45) is 5.50. The molecule has 2 aromatic heterocycles. The number of carbonyl (C=O) groups excluding carboxylic acids is 1. The molecule has 0 radical (unpaired) electrons. The number of furan rings is 1. The largest absolute Gasteiger partial charge is 0.468 e. The molecule has 1 aliphatic heterocycles. The second-order valence-corrected chi connectivity index (χ2v) is 6.85. The molecule has 1 fully saturated rings. The van der Waals surface area contributed by atoms with Crippen molar-refractivity contribution in [3.05, 3.63) is 41.2 Å². The van der Waals surface area contributed by atoms with Crippen molar-refractivity contribution in [1.82, 2.24) is 15.4 Å². The standard InChI is InChI=1S/C19H27N3O3/c1-14-18(15(2)25-21-14)8-3-9-20-19(23)16-6-4-10-22(12-16)13-17-7-5-11-24-17/h5,7,11,16H,3-4,6,8-10,12-13H2,1-2H3,(H,20,23). The predicted molar refractivity (Wildman–Crippen MR) is 94.0 cm³/mol. The topological polar surface area (TPSA) is 71.5 Å². The number of aryl methyl sites for hydroxylation is 2. The Bertz CT molecular complexity index is 659. The molecule has 136 valence electrons. The Hall–Kier alpha value is -2.08. The first-order valence-corrected chi connectivity index (χ1v) is 9.07. The normalized spacial score (nSPS) is 18.4. The van der Waals surface area contributed by atoms with Crippen molar-refractivity contribution >= 4 is 5.91 Å². The van der Waals surface area contributed by atoms with E-state index in [0.717, 1.165) is 68.1 Å². The van der Waals surface area contributed by atoms with Gasteiger partial charge in [-0.3, -0.25) is 9.69 Å². The average molecular weight is 345 g/mol. The fraction of sp³-hybridized carbons (Fsp3) is 0.579. The lowest BCUT2D eigenvalue weighted by Crippen LogP contribution is -2.42. The number of carbonyl (C=O) groups is 1. The van der Waals surface area contributed by atoms with Crippen LogP contribution in [-0.4, -0.2) is 35.6 Å². The average Bonchev–Trinajstić information content (AvgIpc) is 3.23. The number of piperidine rings is 1. The molecular formula is C19H27N3O3. The summed E-state index contributed by atoms with van der Waals surface area (Å²) in [6.45, 7) is 7.19. The highest BCUT2D eigenvalue weighted by Gasteiger charge is 2.25. The van der Waals surface area contributed by atoms with Gasteiger partial charge in [0.1, 0.15) is 11.5 Å². The van der Waals surface area contributed by atoms with Crippen molar-refractivity contribution in [3.63, 3.8) is 0 Å². The number of nitrogens with zero attached hydrogens (tertiary/aromatic N) is 2. The van der Waals surface area contributed by atoms with E-state index < -0.39 is 0 Å². The molecule has 1 saturated heterocycles. The van der Waals surface area contributed by atoms with Crippen LogP contribution in [0.15, 0.2) is 27.3 Å². The van der Waals surface area contributed by atoms with Gasteiger partial charge < -0.3 is 14.3 Å². The first-order chi connectivity index (χ1) is 12.1. The quantitative estimate of drug-likeness (QED) is 0.781. The van der Waals surface area contributed by atoms with Gasteiger partial charge in [0.15, 0.2) is 0 Å². The summed E-state index contributed by atoms with van der Waals surface area (Å²) < 4.78 is 10.6. The Balaban J connectivity index is 1.40. The molecule has 1 amide bonds. The van der Waals surface area contributed by atoms with E-state index in [0.29, 0.717) is 6.54 Å². The van der Waals surface area contributed by atoms with Crippen LogP contribution < -0.4 is 5.32 Å². The third-order valence-electron chi connectivity index (χ3n) is 4.92. The lowest BCUT2D eigenvalue weighted by molar-refractivity contribution is -0.126. The summed E-state index contributed by atoms with van der Waals surface area (Å²) in [7, 11) is 0. The van der Waals surface area contributed by atoms with Crippen LogP contribution in [0, 0.1) is 19.8 Å². The van der Waals surface area contributed by atoms with Crippen LogP contribution in [0.3, 0.4) is 0 Å². The van der Waals surface area contributed by atoms with Crippen molar-refractivity contribution in [2.45, 2.75) is 46.1 Å². The molecule has 1 unspecified atom stereocenters. The van der Waals surface area contributed by atoms with Gasteiger partial charge >= 0.3 is 0 Å². The van der Waals surface area contributed by atoms with Crippen molar-refractivity contribution in [3.8, 4) is 0 Å². The van der Waals surface area contributed by atoms with Crippen LogP contribution >= 0.6 is 0 Å². The van der Waals surface area contributed by atoms with Gasteiger partial charge in [-0.15, -0.1) is 0 Å². The molecule has 6 nitrogen and oxygen atoms in total. The molecule has 6 heteroatoms. The maximum absolute atomic E-state index is 12.4. The van der Waals surface area contributed by atoms with Gasteiger partial charge in [-0.05, 0) is 58.2 Å². The molecule has 2 aromatic rings. The third-order valence-corrected chi connectivity index (χ3v) is 4.92. The van der Waals surface area contributed by atoms with Crippen LogP contribution in [-0.2, 0) is 17.8 Å². The number of amides is 1. The SMILES string of the molecule is Cc1noc(C)c1CCCNC(=O)C1CCCN(Cc2ccco2)C1. The van der Waals surface area contributed by atoms with Crippen LogP contribution in [0.4, 0.5) is 0 Å². The molecule has 0 saturated carbocycles. The van der Waals surface area contributed by atoms with E-state index in [1.165, 1.54) is 0 Å². The summed E-state index contributed by atoms with van der Waals surface area (Å²) >= 11 is 0. The monoisotopic (exact) mass is 345 g/mol. The van der Waals surface area contributed by atoms with Gasteiger partial charge in [-0.25, -0.2) is 0 Å². The van der Waals surface area contributed by atoms with Gasteiger partial charge in [0.25, 0.3) is 0 Å². The van der Waals surface area contributed by atoms with Gasteiger partial charge in [-0.2, -0.15) is 0 Å². The highest BCUT2D eigenvalue weighted by atomic mass is 16.5. The van der Waals surface area contributed by atoms with Crippen LogP contribution in [0.25, 0.3) is 0 Å². The molecule has 1 N–H and O–H groups in total. The van der Waals surface area contributed by atoms with Gasteiger partial charge in [-0.1, -0.05) is 5.16 Å². The number of rotatable bonds is 7. The van der Waals surface area contributed by atoms with Gasteiger partial charge in [0.2, 0.25) is 5.91 Å². The number of hydrogen-bond acceptors (Lipinski definition) is 5.